The number of imidazole rings is 1. The summed E-state index contributed by atoms with van der Waals surface area (Å²) in [6, 6.07) is 0. The van der Waals surface area contributed by atoms with Gasteiger partial charge in [-0.1, -0.05) is 32.4 Å². The molecular weight excluding hydrogens is 412 g/mol. The van der Waals surface area contributed by atoms with Gasteiger partial charge in [-0.25, -0.2) is 15.0 Å². The minimum Gasteiger partial charge on any atom is -0.414 e. The number of rotatable bonds is 4. The Bertz CT molecular complexity index is 913. The van der Waals surface area contributed by atoms with E-state index in [0.29, 0.717) is 22.9 Å². The van der Waals surface area contributed by atoms with Crippen molar-refractivity contribution in [1.82, 2.24) is 19.5 Å². The van der Waals surface area contributed by atoms with E-state index in [9.17, 15) is 0 Å². The summed E-state index contributed by atoms with van der Waals surface area (Å²) in [5.41, 5.74) is 1.14. The molecule has 2 aromatic rings. The maximum Gasteiger partial charge on any atom is 0.192 e. The summed E-state index contributed by atoms with van der Waals surface area (Å²) >= 11 is 6.17. The molecule has 0 spiro atoms. The van der Waals surface area contributed by atoms with Crippen LogP contribution in [0.25, 0.3) is 11.2 Å². The molecule has 0 aromatic carbocycles. The Morgan fingerprint density at radius 1 is 1.17 bits per heavy atom. The maximum atomic E-state index is 6.43. The zero-order valence-electron chi connectivity index (χ0n) is 18.0. The van der Waals surface area contributed by atoms with Crippen LogP contribution in [-0.2, 0) is 18.6 Å². The van der Waals surface area contributed by atoms with E-state index in [1.807, 2.05) is 18.4 Å². The minimum atomic E-state index is -1.93. The number of fused-ring (bicyclic) bond motifs is 2. The summed E-state index contributed by atoms with van der Waals surface area (Å²) in [6.07, 6.45) is 1.85. The van der Waals surface area contributed by atoms with Crippen LogP contribution >= 0.6 is 11.6 Å². The van der Waals surface area contributed by atoms with Gasteiger partial charge in [0.2, 0.25) is 0 Å². The van der Waals surface area contributed by atoms with E-state index < -0.39 is 20.3 Å². The second kappa shape index (κ2) is 6.96. The van der Waals surface area contributed by atoms with E-state index in [1.165, 1.54) is 6.33 Å². The predicted octanol–water partition coefficient (Wildman–Crippen LogP) is 3.92. The zero-order valence-corrected chi connectivity index (χ0v) is 19.7. The van der Waals surface area contributed by atoms with Crippen LogP contribution in [0.5, 0.6) is 0 Å². The monoisotopic (exact) mass is 440 g/mol. The third-order valence-corrected chi connectivity index (χ3v) is 10.9. The van der Waals surface area contributed by atoms with E-state index >= 15 is 0 Å². The van der Waals surface area contributed by atoms with Crippen LogP contribution in [0.4, 0.5) is 0 Å². The predicted molar refractivity (Wildman–Crippen MR) is 111 cm³/mol. The standard InChI is InChI=1S/C19H29ClN4O4Si/c1-18(2,3)29(6,7)25-8-11-13-14(28-19(4,5)27-13)17(26-11)24-10-23-12-15(20)21-9-22-16(12)24/h9-11,13-14,17H,8H2,1-7H3/t11-,13+,14+,17+/m0/s1. The van der Waals surface area contributed by atoms with Crippen molar-refractivity contribution in [3.63, 3.8) is 0 Å². The molecule has 4 heterocycles. The smallest absolute Gasteiger partial charge is 0.192 e. The highest BCUT2D eigenvalue weighted by molar-refractivity contribution is 6.74. The van der Waals surface area contributed by atoms with Crippen LogP contribution in [0.15, 0.2) is 12.7 Å². The van der Waals surface area contributed by atoms with Gasteiger partial charge in [0.15, 0.2) is 31.1 Å². The fraction of sp³-hybridized carbons (Fsp3) is 0.737. The maximum absolute atomic E-state index is 6.43. The quantitative estimate of drug-likeness (QED) is 0.526. The zero-order chi connectivity index (χ0) is 21.2. The number of aromatic nitrogens is 4. The van der Waals surface area contributed by atoms with Gasteiger partial charge in [0.25, 0.3) is 0 Å². The fourth-order valence-electron chi connectivity index (χ4n) is 3.53. The first-order valence-corrected chi connectivity index (χ1v) is 13.2. The Hall–Kier alpha value is -1.10. The molecule has 2 fully saturated rings. The van der Waals surface area contributed by atoms with Crippen molar-refractivity contribution in [3.05, 3.63) is 17.8 Å². The molecule has 2 aliphatic heterocycles. The van der Waals surface area contributed by atoms with Gasteiger partial charge in [-0.2, -0.15) is 0 Å². The first kappa shape index (κ1) is 21.1. The molecule has 0 amide bonds. The highest BCUT2D eigenvalue weighted by Crippen LogP contribution is 2.45. The number of hydrogen-bond donors (Lipinski definition) is 0. The molecule has 0 saturated carbocycles. The Balaban J connectivity index is 1.62. The third-order valence-electron chi connectivity index (χ3n) is 6.13. The van der Waals surface area contributed by atoms with Gasteiger partial charge in [-0.05, 0) is 32.0 Å². The normalized spacial score (nSPS) is 29.5. The topological polar surface area (TPSA) is 80.5 Å². The average Bonchev–Trinajstić information content (AvgIpc) is 3.24. The van der Waals surface area contributed by atoms with Crippen molar-refractivity contribution in [2.24, 2.45) is 0 Å². The van der Waals surface area contributed by atoms with Crippen molar-refractivity contribution >= 4 is 31.1 Å². The number of ether oxygens (including phenoxy) is 3. The molecule has 0 N–H and O–H groups in total. The Labute approximate surface area is 177 Å². The van der Waals surface area contributed by atoms with E-state index in [2.05, 4.69) is 48.8 Å². The van der Waals surface area contributed by atoms with Gasteiger partial charge in [-0.15, -0.1) is 0 Å². The fourth-order valence-corrected chi connectivity index (χ4v) is 4.72. The Morgan fingerprint density at radius 3 is 2.55 bits per heavy atom. The van der Waals surface area contributed by atoms with E-state index in [0.717, 1.165) is 0 Å². The molecule has 0 unspecified atom stereocenters. The second-order valence-corrected chi connectivity index (χ2v) is 14.9. The van der Waals surface area contributed by atoms with Crippen molar-refractivity contribution < 1.29 is 18.6 Å². The highest BCUT2D eigenvalue weighted by atomic mass is 35.5. The van der Waals surface area contributed by atoms with Crippen molar-refractivity contribution in [2.45, 2.75) is 83.1 Å². The van der Waals surface area contributed by atoms with Crippen LogP contribution < -0.4 is 0 Å². The molecule has 4 atom stereocenters. The largest absolute Gasteiger partial charge is 0.414 e. The molecule has 0 aliphatic carbocycles. The van der Waals surface area contributed by atoms with E-state index in [4.69, 9.17) is 30.2 Å². The summed E-state index contributed by atoms with van der Waals surface area (Å²) in [4.78, 5) is 12.7. The molecule has 0 radical (unpaired) electrons. The highest BCUT2D eigenvalue weighted by Gasteiger charge is 2.56. The van der Waals surface area contributed by atoms with Gasteiger partial charge in [0.1, 0.15) is 30.2 Å². The summed E-state index contributed by atoms with van der Waals surface area (Å²) in [5, 5.41) is 0.426. The summed E-state index contributed by atoms with van der Waals surface area (Å²) in [6.45, 7) is 15.4. The summed E-state index contributed by atoms with van der Waals surface area (Å²) in [5.74, 6) is -0.699. The molecule has 0 bridgehead atoms. The number of nitrogens with zero attached hydrogens (tertiary/aromatic N) is 4. The summed E-state index contributed by atoms with van der Waals surface area (Å²) < 4.78 is 27.1. The minimum absolute atomic E-state index is 0.116. The van der Waals surface area contributed by atoms with Crippen LogP contribution in [0.1, 0.15) is 40.8 Å². The lowest BCUT2D eigenvalue weighted by atomic mass is 10.1. The molecule has 4 rings (SSSR count). The molecule has 2 aliphatic rings. The molecule has 8 nitrogen and oxygen atoms in total. The van der Waals surface area contributed by atoms with Crippen LogP contribution in [0, 0.1) is 0 Å². The van der Waals surface area contributed by atoms with Crippen LogP contribution in [0.3, 0.4) is 0 Å². The average molecular weight is 441 g/mol. The Kier molecular flexibility index (Phi) is 5.08. The Morgan fingerprint density at radius 2 is 1.86 bits per heavy atom. The molecule has 2 saturated heterocycles. The molecule has 160 valence electrons. The molecule has 10 heteroatoms. The number of halogens is 1. The van der Waals surface area contributed by atoms with Gasteiger partial charge < -0.3 is 18.6 Å². The van der Waals surface area contributed by atoms with Crippen LogP contribution in [-0.4, -0.2) is 58.5 Å². The second-order valence-electron chi connectivity index (χ2n) is 9.69. The number of hydrogen-bond acceptors (Lipinski definition) is 7. The summed E-state index contributed by atoms with van der Waals surface area (Å²) in [7, 11) is -1.93. The first-order chi connectivity index (χ1) is 13.4. The van der Waals surface area contributed by atoms with Gasteiger partial charge in [-0.3, -0.25) is 4.57 Å². The van der Waals surface area contributed by atoms with Crippen molar-refractivity contribution in [2.75, 3.05) is 6.61 Å². The molecular formula is C19H29ClN4O4Si. The lowest BCUT2D eigenvalue weighted by Gasteiger charge is -2.37. The van der Waals surface area contributed by atoms with Crippen molar-refractivity contribution in [3.8, 4) is 0 Å². The van der Waals surface area contributed by atoms with Crippen molar-refractivity contribution in [1.29, 1.82) is 0 Å². The van der Waals surface area contributed by atoms with Crippen LogP contribution in [0.2, 0.25) is 23.3 Å². The SMILES string of the molecule is CC1(C)O[C@@H]2[C@H](O1)[C@H](CO[Si](C)(C)C(C)(C)C)O[C@H]2n1cnc2c(Cl)ncnc21. The van der Waals surface area contributed by atoms with E-state index in [-0.39, 0.29) is 23.4 Å². The van der Waals surface area contributed by atoms with Gasteiger partial charge in [0.05, 0.1) is 12.9 Å². The molecule has 29 heavy (non-hydrogen) atoms. The molecule has 2 aromatic heterocycles. The lowest BCUT2D eigenvalue weighted by molar-refractivity contribution is -0.199. The van der Waals surface area contributed by atoms with Gasteiger partial charge in [0, 0.05) is 0 Å². The van der Waals surface area contributed by atoms with Gasteiger partial charge >= 0.3 is 0 Å². The third kappa shape index (κ3) is 3.73. The van der Waals surface area contributed by atoms with E-state index in [1.54, 1.807) is 6.33 Å². The lowest BCUT2D eigenvalue weighted by Crippen LogP contribution is -2.44. The first-order valence-electron chi connectivity index (χ1n) is 9.88.